The Morgan fingerprint density at radius 1 is 1.06 bits per heavy atom. The van der Waals surface area contributed by atoms with Gasteiger partial charge in [0.15, 0.2) is 17.3 Å². The highest BCUT2D eigenvalue weighted by atomic mass is 16.5. The number of ether oxygens (including phenoxy) is 2. The molecule has 0 radical (unpaired) electrons. The zero-order chi connectivity index (χ0) is 21.8. The summed E-state index contributed by atoms with van der Waals surface area (Å²) < 4.78 is 15.7. The van der Waals surface area contributed by atoms with Crippen LogP contribution in [0.3, 0.4) is 0 Å². The molecule has 2 N–H and O–H groups in total. The minimum atomic E-state index is -0.350. The summed E-state index contributed by atoms with van der Waals surface area (Å²) >= 11 is 0. The van der Waals surface area contributed by atoms with Gasteiger partial charge in [0.1, 0.15) is 0 Å². The number of carbonyl (C=O) groups excluding carboxylic acids is 2. The van der Waals surface area contributed by atoms with Crippen molar-refractivity contribution in [2.45, 2.75) is 13.0 Å². The number of nitrogens with one attached hydrogen (secondary N) is 2. The lowest BCUT2D eigenvalue weighted by atomic mass is 10.1. The van der Waals surface area contributed by atoms with Crippen molar-refractivity contribution in [1.82, 2.24) is 5.32 Å². The van der Waals surface area contributed by atoms with Gasteiger partial charge in [0.2, 0.25) is 0 Å². The smallest absolute Gasteiger partial charge is 0.319 e. The molecule has 3 aromatic rings. The van der Waals surface area contributed by atoms with E-state index in [4.69, 9.17) is 13.9 Å². The lowest BCUT2D eigenvalue weighted by Crippen LogP contribution is -2.29. The molecular formula is C23H23N3O5. The maximum atomic E-state index is 12.7. The molecule has 1 aromatic heterocycles. The van der Waals surface area contributed by atoms with Gasteiger partial charge in [-0.15, -0.1) is 0 Å². The lowest BCUT2D eigenvalue weighted by molar-refractivity contribution is 0.0963. The monoisotopic (exact) mass is 421 g/mol. The average molecular weight is 421 g/mol. The summed E-state index contributed by atoms with van der Waals surface area (Å²) in [6, 6.07) is 14.0. The normalized spacial score (nSPS) is 12.3. The Bertz CT molecular complexity index is 1090. The lowest BCUT2D eigenvalue weighted by Gasteiger charge is -2.17. The Hall–Kier alpha value is -3.94. The largest absolute Gasteiger partial charge is 0.493 e. The third kappa shape index (κ3) is 4.32. The van der Waals surface area contributed by atoms with Crippen molar-refractivity contribution in [3.63, 3.8) is 0 Å². The number of anilines is 2. The molecule has 0 fully saturated rings. The second kappa shape index (κ2) is 8.83. The van der Waals surface area contributed by atoms with Gasteiger partial charge < -0.3 is 29.4 Å². The van der Waals surface area contributed by atoms with Crippen molar-refractivity contribution in [2.24, 2.45) is 0 Å². The van der Waals surface area contributed by atoms with Crippen molar-refractivity contribution in [3.05, 3.63) is 71.7 Å². The number of fused-ring (bicyclic) bond motifs is 1. The van der Waals surface area contributed by atoms with E-state index in [1.807, 2.05) is 24.3 Å². The molecule has 2 aromatic carbocycles. The maximum Gasteiger partial charge on any atom is 0.319 e. The van der Waals surface area contributed by atoms with Crippen LogP contribution in [0.15, 0.2) is 59.2 Å². The van der Waals surface area contributed by atoms with Crippen LogP contribution in [0.1, 0.15) is 21.7 Å². The van der Waals surface area contributed by atoms with E-state index in [0.29, 0.717) is 36.0 Å². The predicted octanol–water partition coefficient (Wildman–Crippen LogP) is 3.82. The van der Waals surface area contributed by atoms with Crippen LogP contribution in [0.2, 0.25) is 0 Å². The third-order valence-electron chi connectivity index (χ3n) is 5.12. The predicted molar refractivity (Wildman–Crippen MR) is 116 cm³/mol. The first-order chi connectivity index (χ1) is 15.1. The topological polar surface area (TPSA) is 93.0 Å². The summed E-state index contributed by atoms with van der Waals surface area (Å²) in [5.41, 5.74) is 3.30. The third-order valence-corrected chi connectivity index (χ3v) is 5.12. The van der Waals surface area contributed by atoms with Crippen LogP contribution >= 0.6 is 0 Å². The number of rotatable bonds is 6. The zero-order valence-corrected chi connectivity index (χ0v) is 17.3. The molecule has 4 rings (SSSR count). The first kappa shape index (κ1) is 20.3. The van der Waals surface area contributed by atoms with Gasteiger partial charge in [0.25, 0.3) is 5.91 Å². The molecule has 3 amide bonds. The highest BCUT2D eigenvalue weighted by Crippen LogP contribution is 2.32. The van der Waals surface area contributed by atoms with Gasteiger partial charge in [0, 0.05) is 24.5 Å². The van der Waals surface area contributed by atoms with E-state index in [-0.39, 0.29) is 11.9 Å². The number of nitrogens with zero attached hydrogens (tertiary/aromatic N) is 1. The average Bonchev–Trinajstić information content (AvgIpc) is 3.47. The Balaban J connectivity index is 1.40. The second-order valence-corrected chi connectivity index (χ2v) is 7.02. The molecular weight excluding hydrogens is 398 g/mol. The second-order valence-electron chi connectivity index (χ2n) is 7.02. The first-order valence-corrected chi connectivity index (χ1v) is 9.83. The summed E-state index contributed by atoms with van der Waals surface area (Å²) in [7, 11) is 3.14. The number of furan rings is 1. The van der Waals surface area contributed by atoms with Gasteiger partial charge in [-0.25, -0.2) is 4.79 Å². The Morgan fingerprint density at radius 2 is 1.90 bits per heavy atom. The van der Waals surface area contributed by atoms with Crippen molar-refractivity contribution >= 4 is 23.3 Å². The molecule has 8 nitrogen and oxygen atoms in total. The molecule has 0 aliphatic carbocycles. The number of amides is 3. The van der Waals surface area contributed by atoms with Gasteiger partial charge in [-0.2, -0.15) is 0 Å². The minimum absolute atomic E-state index is 0.196. The van der Waals surface area contributed by atoms with Crippen LogP contribution in [-0.4, -0.2) is 32.7 Å². The highest BCUT2D eigenvalue weighted by molar-refractivity contribution is 6.06. The molecule has 0 saturated heterocycles. The van der Waals surface area contributed by atoms with Crippen molar-refractivity contribution in [1.29, 1.82) is 0 Å². The van der Waals surface area contributed by atoms with Crippen molar-refractivity contribution in [2.75, 3.05) is 31.0 Å². The van der Waals surface area contributed by atoms with Gasteiger partial charge in [-0.1, -0.05) is 12.1 Å². The number of hydrogen-bond donors (Lipinski definition) is 2. The molecule has 0 bridgehead atoms. The standard InChI is InChI=1S/C23H23N3O5/c1-29-19-8-5-15(12-21(19)30-2)14-24-23(28)25-17-7-6-16-9-10-26(18(16)13-17)22(27)20-4-3-11-31-20/h3-8,11-13H,9-10,14H2,1-2H3,(H2,24,25,28). The van der Waals surface area contributed by atoms with Gasteiger partial charge in [-0.05, 0) is 53.9 Å². The molecule has 1 aliphatic heterocycles. The van der Waals surface area contributed by atoms with Crippen LogP contribution < -0.4 is 25.0 Å². The van der Waals surface area contributed by atoms with Crippen LogP contribution in [0.25, 0.3) is 0 Å². The summed E-state index contributed by atoms with van der Waals surface area (Å²) in [5, 5.41) is 5.64. The Labute approximate surface area is 179 Å². The highest BCUT2D eigenvalue weighted by Gasteiger charge is 2.27. The fourth-order valence-electron chi connectivity index (χ4n) is 3.55. The van der Waals surface area contributed by atoms with E-state index in [0.717, 1.165) is 23.2 Å². The summed E-state index contributed by atoms with van der Waals surface area (Å²) in [6.45, 7) is 0.893. The molecule has 0 atom stereocenters. The zero-order valence-electron chi connectivity index (χ0n) is 17.3. The SMILES string of the molecule is COc1ccc(CNC(=O)Nc2ccc3c(c2)N(C(=O)c2ccco2)CC3)cc1OC. The molecule has 0 unspecified atom stereocenters. The number of benzene rings is 2. The van der Waals surface area contributed by atoms with Crippen LogP contribution in [0.4, 0.5) is 16.2 Å². The molecule has 160 valence electrons. The number of carbonyl (C=O) groups is 2. The summed E-state index contributed by atoms with van der Waals surface area (Å²) in [5.74, 6) is 1.32. The molecule has 31 heavy (non-hydrogen) atoms. The van der Waals surface area contributed by atoms with Crippen LogP contribution in [0.5, 0.6) is 11.5 Å². The molecule has 2 heterocycles. The number of urea groups is 1. The fraction of sp³-hybridized carbons (Fsp3) is 0.217. The van der Waals surface area contributed by atoms with Crippen molar-refractivity contribution in [3.8, 4) is 11.5 Å². The van der Waals surface area contributed by atoms with E-state index in [1.54, 1.807) is 43.4 Å². The minimum Gasteiger partial charge on any atom is -0.493 e. The van der Waals surface area contributed by atoms with E-state index >= 15 is 0 Å². The molecule has 0 spiro atoms. The maximum absolute atomic E-state index is 12.7. The number of methoxy groups -OCH3 is 2. The van der Waals surface area contributed by atoms with E-state index in [1.165, 1.54) is 6.26 Å². The Kier molecular flexibility index (Phi) is 5.79. The van der Waals surface area contributed by atoms with Crippen LogP contribution in [0, 0.1) is 0 Å². The fourth-order valence-corrected chi connectivity index (χ4v) is 3.55. The van der Waals surface area contributed by atoms with Crippen LogP contribution in [-0.2, 0) is 13.0 Å². The van der Waals surface area contributed by atoms with Gasteiger partial charge >= 0.3 is 6.03 Å². The summed E-state index contributed by atoms with van der Waals surface area (Å²) in [4.78, 5) is 26.7. The molecule has 0 saturated carbocycles. The summed E-state index contributed by atoms with van der Waals surface area (Å²) in [6.07, 6.45) is 2.23. The Morgan fingerprint density at radius 3 is 2.65 bits per heavy atom. The van der Waals surface area contributed by atoms with Gasteiger partial charge in [0.05, 0.1) is 20.5 Å². The van der Waals surface area contributed by atoms with E-state index in [2.05, 4.69) is 10.6 Å². The quantitative estimate of drug-likeness (QED) is 0.631. The molecule has 8 heteroatoms. The number of hydrogen-bond acceptors (Lipinski definition) is 5. The molecule has 1 aliphatic rings. The first-order valence-electron chi connectivity index (χ1n) is 9.83. The van der Waals surface area contributed by atoms with Gasteiger partial charge in [-0.3, -0.25) is 4.79 Å². The van der Waals surface area contributed by atoms with Crippen molar-refractivity contribution < 1.29 is 23.5 Å². The van der Waals surface area contributed by atoms with E-state index < -0.39 is 0 Å². The van der Waals surface area contributed by atoms with E-state index in [9.17, 15) is 9.59 Å².